The molecule has 2 heteroatoms. The third-order valence-electron chi connectivity index (χ3n) is 3.04. The number of aryl methyl sites for hydroxylation is 1. The van der Waals surface area contributed by atoms with Crippen LogP contribution in [0.1, 0.15) is 16.7 Å². The molecule has 1 heterocycles. The van der Waals surface area contributed by atoms with E-state index in [2.05, 4.69) is 11.8 Å². The van der Waals surface area contributed by atoms with Crippen molar-refractivity contribution in [1.29, 1.82) is 0 Å². The Morgan fingerprint density at radius 3 is 2.50 bits per heavy atom. The molecule has 0 aliphatic heterocycles. The second kappa shape index (κ2) is 5.07. The first-order chi connectivity index (χ1) is 9.72. The maximum absolute atomic E-state index is 11.5. The number of para-hydroxylation sites is 1. The van der Waals surface area contributed by atoms with Gasteiger partial charge in [-0.3, -0.25) is 0 Å². The molecule has 0 atom stereocenters. The molecule has 0 spiro atoms. The van der Waals surface area contributed by atoms with E-state index in [0.29, 0.717) is 11.1 Å². The smallest absolute Gasteiger partial charge is 0.337 e. The summed E-state index contributed by atoms with van der Waals surface area (Å²) in [6.45, 7) is 2.03. The van der Waals surface area contributed by atoms with Crippen molar-refractivity contribution in [3.05, 3.63) is 81.7 Å². The van der Waals surface area contributed by atoms with Crippen molar-refractivity contribution in [2.24, 2.45) is 0 Å². The first-order valence-electron chi connectivity index (χ1n) is 6.34. The van der Waals surface area contributed by atoms with Crippen molar-refractivity contribution in [1.82, 2.24) is 0 Å². The van der Waals surface area contributed by atoms with Crippen LogP contribution in [-0.2, 0) is 0 Å². The van der Waals surface area contributed by atoms with Gasteiger partial charge in [0.15, 0.2) is 0 Å². The van der Waals surface area contributed by atoms with Crippen LogP contribution < -0.4 is 5.63 Å². The van der Waals surface area contributed by atoms with Crippen LogP contribution in [0.3, 0.4) is 0 Å². The quantitative estimate of drug-likeness (QED) is 0.457. The number of fused-ring (bicyclic) bond motifs is 1. The molecule has 3 aromatic rings. The Kier molecular flexibility index (Phi) is 3.10. The van der Waals surface area contributed by atoms with Crippen LogP contribution in [0, 0.1) is 18.8 Å². The normalized spacial score (nSPS) is 10.1. The van der Waals surface area contributed by atoms with E-state index in [1.54, 1.807) is 6.07 Å². The van der Waals surface area contributed by atoms with Gasteiger partial charge in [-0.1, -0.05) is 41.7 Å². The van der Waals surface area contributed by atoms with Crippen molar-refractivity contribution in [2.45, 2.75) is 6.92 Å². The number of hydrogen-bond acceptors (Lipinski definition) is 2. The molecule has 0 radical (unpaired) electrons. The maximum atomic E-state index is 11.5. The Labute approximate surface area is 116 Å². The predicted octanol–water partition coefficient (Wildman–Crippen LogP) is 3.50. The third kappa shape index (κ3) is 2.48. The summed E-state index contributed by atoms with van der Waals surface area (Å²) in [5.41, 5.74) is 3.00. The summed E-state index contributed by atoms with van der Waals surface area (Å²) in [5.74, 6) is 6.13. The van der Waals surface area contributed by atoms with Gasteiger partial charge in [0.2, 0.25) is 0 Å². The topological polar surface area (TPSA) is 30.2 Å². The summed E-state index contributed by atoms with van der Waals surface area (Å²) in [4.78, 5) is 11.5. The van der Waals surface area contributed by atoms with Gasteiger partial charge in [-0.05, 0) is 31.2 Å². The first kappa shape index (κ1) is 12.3. The number of rotatable bonds is 0. The molecule has 0 fully saturated rings. The monoisotopic (exact) mass is 260 g/mol. The van der Waals surface area contributed by atoms with E-state index in [4.69, 9.17) is 4.42 Å². The van der Waals surface area contributed by atoms with Crippen molar-refractivity contribution >= 4 is 11.0 Å². The molecule has 0 N–H and O–H groups in total. The lowest BCUT2D eigenvalue weighted by Crippen LogP contribution is -1.98. The fraction of sp³-hybridized carbons (Fsp3) is 0.0556. The first-order valence-corrected chi connectivity index (χ1v) is 6.34. The zero-order chi connectivity index (χ0) is 13.9. The minimum Gasteiger partial charge on any atom is -0.423 e. The van der Waals surface area contributed by atoms with E-state index in [-0.39, 0.29) is 5.63 Å². The largest absolute Gasteiger partial charge is 0.423 e. The highest BCUT2D eigenvalue weighted by molar-refractivity contribution is 5.83. The lowest BCUT2D eigenvalue weighted by atomic mass is 10.1. The van der Waals surface area contributed by atoms with Crippen LogP contribution in [0.2, 0.25) is 0 Å². The van der Waals surface area contributed by atoms with Crippen LogP contribution in [-0.4, -0.2) is 0 Å². The predicted molar refractivity (Wildman–Crippen MR) is 79.6 cm³/mol. The van der Waals surface area contributed by atoms with Crippen molar-refractivity contribution in [3.8, 4) is 11.8 Å². The molecule has 2 nitrogen and oxygen atoms in total. The van der Waals surface area contributed by atoms with Gasteiger partial charge in [-0.25, -0.2) is 4.79 Å². The Morgan fingerprint density at radius 2 is 1.70 bits per heavy atom. The molecule has 1 aromatic heterocycles. The van der Waals surface area contributed by atoms with Gasteiger partial charge >= 0.3 is 5.63 Å². The highest BCUT2D eigenvalue weighted by atomic mass is 16.4. The minimum absolute atomic E-state index is 0.378. The van der Waals surface area contributed by atoms with Crippen LogP contribution in [0.15, 0.2) is 63.8 Å². The molecule has 0 aliphatic rings. The van der Waals surface area contributed by atoms with Gasteiger partial charge in [0.1, 0.15) is 5.58 Å². The van der Waals surface area contributed by atoms with Crippen molar-refractivity contribution in [2.75, 3.05) is 0 Å². The summed E-state index contributed by atoms with van der Waals surface area (Å²) in [5, 5.41) is 0.853. The zero-order valence-electron chi connectivity index (χ0n) is 11.0. The number of benzene rings is 2. The van der Waals surface area contributed by atoms with E-state index in [0.717, 1.165) is 10.9 Å². The molecule has 0 aliphatic carbocycles. The summed E-state index contributed by atoms with van der Waals surface area (Å²) in [6.07, 6.45) is 0. The molecule has 96 valence electrons. The van der Waals surface area contributed by atoms with E-state index < -0.39 is 0 Å². The summed E-state index contributed by atoms with van der Waals surface area (Å²) >= 11 is 0. The average Bonchev–Trinajstić information content (AvgIpc) is 2.46. The Morgan fingerprint density at radius 1 is 0.950 bits per heavy atom. The summed E-state index contributed by atoms with van der Waals surface area (Å²) in [6, 6.07) is 16.8. The second-order valence-corrected chi connectivity index (χ2v) is 4.59. The van der Waals surface area contributed by atoms with Gasteiger partial charge in [-0.15, -0.1) is 0 Å². The van der Waals surface area contributed by atoms with Gasteiger partial charge in [-0.2, -0.15) is 0 Å². The standard InChI is InChI=1S/C18H12O2/c1-13-6-8-14(9-7-13)10-11-15-12-18(19)20-17-5-3-2-4-16(15)17/h2-9,12H,1H3. The zero-order valence-corrected chi connectivity index (χ0v) is 11.0. The fourth-order valence-electron chi connectivity index (χ4n) is 1.99. The molecule has 0 saturated carbocycles. The molecule has 0 amide bonds. The Balaban J connectivity index is 2.12. The van der Waals surface area contributed by atoms with Gasteiger partial charge in [0.25, 0.3) is 0 Å². The van der Waals surface area contributed by atoms with E-state index >= 15 is 0 Å². The second-order valence-electron chi connectivity index (χ2n) is 4.59. The van der Waals surface area contributed by atoms with E-state index in [1.807, 2.05) is 49.4 Å². The highest BCUT2D eigenvalue weighted by Crippen LogP contribution is 2.15. The molecular weight excluding hydrogens is 248 g/mol. The lowest BCUT2D eigenvalue weighted by molar-refractivity contribution is 0.560. The Bertz CT molecular complexity index is 875. The van der Waals surface area contributed by atoms with Gasteiger partial charge in [0, 0.05) is 22.6 Å². The van der Waals surface area contributed by atoms with E-state index in [1.165, 1.54) is 11.6 Å². The van der Waals surface area contributed by atoms with Crippen LogP contribution in [0.5, 0.6) is 0 Å². The molecule has 3 rings (SSSR count). The van der Waals surface area contributed by atoms with Gasteiger partial charge in [0.05, 0.1) is 0 Å². The van der Waals surface area contributed by atoms with E-state index in [9.17, 15) is 4.79 Å². The summed E-state index contributed by atoms with van der Waals surface area (Å²) < 4.78 is 5.15. The average molecular weight is 260 g/mol. The molecular formula is C18H12O2. The Hall–Kier alpha value is -2.79. The molecule has 2 aromatic carbocycles. The maximum Gasteiger partial charge on any atom is 0.337 e. The van der Waals surface area contributed by atoms with Crippen LogP contribution in [0.4, 0.5) is 0 Å². The molecule has 0 bridgehead atoms. The highest BCUT2D eigenvalue weighted by Gasteiger charge is 2.01. The van der Waals surface area contributed by atoms with Crippen LogP contribution in [0.25, 0.3) is 11.0 Å². The van der Waals surface area contributed by atoms with Crippen molar-refractivity contribution < 1.29 is 4.42 Å². The van der Waals surface area contributed by atoms with Crippen molar-refractivity contribution in [3.63, 3.8) is 0 Å². The van der Waals surface area contributed by atoms with Gasteiger partial charge < -0.3 is 4.42 Å². The summed E-state index contributed by atoms with van der Waals surface area (Å²) in [7, 11) is 0. The van der Waals surface area contributed by atoms with Crippen LogP contribution >= 0.6 is 0 Å². The molecule has 0 unspecified atom stereocenters. The third-order valence-corrected chi connectivity index (χ3v) is 3.04. The SMILES string of the molecule is Cc1ccc(C#Cc2cc(=O)oc3ccccc23)cc1. The lowest BCUT2D eigenvalue weighted by Gasteiger charge is -1.98. The minimum atomic E-state index is -0.378. The number of hydrogen-bond donors (Lipinski definition) is 0. The molecule has 0 saturated heterocycles. The fourth-order valence-corrected chi connectivity index (χ4v) is 1.99. The molecule has 20 heavy (non-hydrogen) atoms.